The zero-order valence-corrected chi connectivity index (χ0v) is 11.6. The van der Waals surface area contributed by atoms with Crippen molar-refractivity contribution in [1.82, 2.24) is 4.90 Å². The monoisotopic (exact) mass is 276 g/mol. The van der Waals surface area contributed by atoms with Gasteiger partial charge in [0.15, 0.2) is 0 Å². The van der Waals surface area contributed by atoms with Gasteiger partial charge in [0.05, 0.1) is 5.92 Å². The highest BCUT2D eigenvalue weighted by Crippen LogP contribution is 2.23. The average Bonchev–Trinajstić information content (AvgIpc) is 2.37. The number of likely N-dealkylation sites (tertiary alicyclic amines) is 1. The van der Waals surface area contributed by atoms with Crippen molar-refractivity contribution in [2.75, 3.05) is 25.0 Å². The molecule has 0 saturated carbocycles. The molecular weight excluding hydrogens is 256 g/mol. The maximum absolute atomic E-state index is 11.7. The second-order valence-electron chi connectivity index (χ2n) is 5.31. The summed E-state index contributed by atoms with van der Waals surface area (Å²) in [6, 6.07) is 9.36. The highest BCUT2D eigenvalue weighted by molar-refractivity contribution is 5.90. The summed E-state index contributed by atoms with van der Waals surface area (Å²) in [4.78, 5) is 24.7. The number of carbonyl (C=O) groups excluding carboxylic acids is 1. The van der Waals surface area contributed by atoms with Crippen LogP contribution in [0.1, 0.15) is 13.3 Å². The predicted octanol–water partition coefficient (Wildman–Crippen LogP) is 1.67. The number of amides is 1. The van der Waals surface area contributed by atoms with Crippen LogP contribution in [-0.4, -0.2) is 41.5 Å². The van der Waals surface area contributed by atoms with E-state index in [9.17, 15) is 9.59 Å². The van der Waals surface area contributed by atoms with Crippen LogP contribution in [0.25, 0.3) is 0 Å². The van der Waals surface area contributed by atoms with E-state index in [2.05, 4.69) is 10.2 Å². The molecule has 1 heterocycles. The molecule has 1 fully saturated rings. The van der Waals surface area contributed by atoms with Gasteiger partial charge in [0, 0.05) is 31.7 Å². The molecule has 20 heavy (non-hydrogen) atoms. The largest absolute Gasteiger partial charge is 0.481 e. The van der Waals surface area contributed by atoms with Gasteiger partial charge in [-0.1, -0.05) is 25.1 Å². The topological polar surface area (TPSA) is 69.6 Å². The van der Waals surface area contributed by atoms with Crippen molar-refractivity contribution in [3.63, 3.8) is 0 Å². The van der Waals surface area contributed by atoms with Crippen LogP contribution in [0.2, 0.25) is 0 Å². The number of carbonyl (C=O) groups is 2. The van der Waals surface area contributed by atoms with Crippen LogP contribution in [-0.2, 0) is 9.59 Å². The molecule has 1 aromatic carbocycles. The quantitative estimate of drug-likeness (QED) is 0.829. The van der Waals surface area contributed by atoms with Crippen LogP contribution >= 0.6 is 0 Å². The number of nitrogens with one attached hydrogen (secondary N) is 1. The van der Waals surface area contributed by atoms with Gasteiger partial charge in [-0.3, -0.25) is 9.59 Å². The minimum Gasteiger partial charge on any atom is -0.481 e. The van der Waals surface area contributed by atoms with E-state index >= 15 is 0 Å². The van der Waals surface area contributed by atoms with E-state index < -0.39 is 5.97 Å². The number of carboxylic acids is 1. The summed E-state index contributed by atoms with van der Waals surface area (Å²) in [5.41, 5.74) is 0.804. The SMILES string of the molecule is CC(C(=O)O)C1CN(CCC(=O)Nc2ccccc2)C1. The van der Waals surface area contributed by atoms with E-state index in [4.69, 9.17) is 5.11 Å². The Morgan fingerprint density at radius 1 is 1.35 bits per heavy atom. The van der Waals surface area contributed by atoms with Crippen molar-refractivity contribution in [1.29, 1.82) is 0 Å². The third-order valence-corrected chi connectivity index (χ3v) is 3.79. The van der Waals surface area contributed by atoms with Crippen LogP contribution in [0.15, 0.2) is 30.3 Å². The Hall–Kier alpha value is -1.88. The summed E-state index contributed by atoms with van der Waals surface area (Å²) in [6.07, 6.45) is 0.434. The lowest BCUT2D eigenvalue weighted by Crippen LogP contribution is -2.51. The molecule has 5 nitrogen and oxygen atoms in total. The lowest BCUT2D eigenvalue weighted by atomic mass is 9.87. The van der Waals surface area contributed by atoms with Gasteiger partial charge in [-0.25, -0.2) is 0 Å². The average molecular weight is 276 g/mol. The molecule has 1 saturated heterocycles. The Labute approximate surface area is 118 Å². The second-order valence-corrected chi connectivity index (χ2v) is 5.31. The fourth-order valence-corrected chi connectivity index (χ4v) is 2.31. The highest BCUT2D eigenvalue weighted by Gasteiger charge is 2.34. The van der Waals surface area contributed by atoms with Gasteiger partial charge in [-0.2, -0.15) is 0 Å². The lowest BCUT2D eigenvalue weighted by Gasteiger charge is -2.41. The van der Waals surface area contributed by atoms with Crippen molar-refractivity contribution in [2.45, 2.75) is 13.3 Å². The van der Waals surface area contributed by atoms with Gasteiger partial charge in [0.2, 0.25) is 5.91 Å². The molecule has 0 radical (unpaired) electrons. The van der Waals surface area contributed by atoms with E-state index in [0.717, 1.165) is 18.8 Å². The van der Waals surface area contributed by atoms with Gasteiger partial charge in [-0.05, 0) is 18.1 Å². The minimum absolute atomic E-state index is 0.00840. The first-order chi connectivity index (χ1) is 9.56. The number of anilines is 1. The molecule has 1 amide bonds. The van der Waals surface area contributed by atoms with Gasteiger partial charge in [-0.15, -0.1) is 0 Å². The van der Waals surface area contributed by atoms with E-state index in [1.54, 1.807) is 6.92 Å². The normalized spacial score (nSPS) is 17.2. The van der Waals surface area contributed by atoms with Crippen molar-refractivity contribution in [3.8, 4) is 0 Å². The minimum atomic E-state index is -0.739. The van der Waals surface area contributed by atoms with Gasteiger partial charge in [0.25, 0.3) is 0 Å². The van der Waals surface area contributed by atoms with Gasteiger partial charge < -0.3 is 15.3 Å². The number of hydrogen-bond acceptors (Lipinski definition) is 3. The predicted molar refractivity (Wildman–Crippen MR) is 76.4 cm³/mol. The second kappa shape index (κ2) is 6.52. The van der Waals surface area contributed by atoms with Crippen LogP contribution in [0, 0.1) is 11.8 Å². The molecule has 0 spiro atoms. The molecule has 1 aromatic rings. The van der Waals surface area contributed by atoms with Crippen molar-refractivity contribution >= 4 is 17.6 Å². The fourth-order valence-electron chi connectivity index (χ4n) is 2.31. The number of aliphatic carboxylic acids is 1. The summed E-state index contributed by atoms with van der Waals surface area (Å²) in [5, 5.41) is 11.7. The molecule has 1 atom stereocenters. The van der Waals surface area contributed by atoms with E-state index in [1.165, 1.54) is 0 Å². The lowest BCUT2D eigenvalue weighted by molar-refractivity contribution is -0.145. The first-order valence-corrected chi connectivity index (χ1v) is 6.86. The summed E-state index contributed by atoms with van der Waals surface area (Å²) in [5.74, 6) is -0.837. The standard InChI is InChI=1S/C15H20N2O3/c1-11(15(19)20)12-9-17(10-12)8-7-14(18)16-13-5-3-2-4-6-13/h2-6,11-12H,7-10H2,1H3,(H,16,18)(H,19,20). The number of nitrogens with zero attached hydrogens (tertiary/aromatic N) is 1. The summed E-state index contributed by atoms with van der Waals surface area (Å²) < 4.78 is 0. The zero-order chi connectivity index (χ0) is 14.5. The molecule has 1 aliphatic rings. The molecule has 5 heteroatoms. The number of benzene rings is 1. The van der Waals surface area contributed by atoms with E-state index in [0.29, 0.717) is 13.0 Å². The fraction of sp³-hybridized carbons (Fsp3) is 0.467. The Balaban J connectivity index is 1.65. The Morgan fingerprint density at radius 3 is 2.60 bits per heavy atom. The zero-order valence-electron chi connectivity index (χ0n) is 11.6. The highest BCUT2D eigenvalue weighted by atomic mass is 16.4. The Kier molecular flexibility index (Phi) is 4.74. The maximum atomic E-state index is 11.7. The number of hydrogen-bond donors (Lipinski definition) is 2. The smallest absolute Gasteiger partial charge is 0.306 e. The first kappa shape index (κ1) is 14.5. The summed E-state index contributed by atoms with van der Waals surface area (Å²) in [6.45, 7) is 3.96. The molecule has 108 valence electrons. The van der Waals surface area contributed by atoms with Crippen LogP contribution < -0.4 is 5.32 Å². The number of rotatable bonds is 6. The third-order valence-electron chi connectivity index (χ3n) is 3.79. The van der Waals surface area contributed by atoms with E-state index in [-0.39, 0.29) is 17.7 Å². The number of carboxylic acid groups (broad SMARTS) is 1. The van der Waals surface area contributed by atoms with E-state index in [1.807, 2.05) is 30.3 Å². The Morgan fingerprint density at radius 2 is 2.00 bits per heavy atom. The maximum Gasteiger partial charge on any atom is 0.306 e. The van der Waals surface area contributed by atoms with Crippen LogP contribution in [0.5, 0.6) is 0 Å². The first-order valence-electron chi connectivity index (χ1n) is 6.86. The number of para-hydroxylation sites is 1. The van der Waals surface area contributed by atoms with Crippen molar-refractivity contribution < 1.29 is 14.7 Å². The van der Waals surface area contributed by atoms with Crippen LogP contribution in [0.3, 0.4) is 0 Å². The van der Waals surface area contributed by atoms with Gasteiger partial charge >= 0.3 is 5.97 Å². The van der Waals surface area contributed by atoms with Crippen LogP contribution in [0.4, 0.5) is 5.69 Å². The molecule has 2 rings (SSSR count). The third kappa shape index (κ3) is 3.81. The van der Waals surface area contributed by atoms with Gasteiger partial charge in [0.1, 0.15) is 0 Å². The molecule has 0 aromatic heterocycles. The Bertz CT molecular complexity index is 469. The molecule has 1 aliphatic heterocycles. The molecule has 2 N–H and O–H groups in total. The van der Waals surface area contributed by atoms with Crippen molar-refractivity contribution in [3.05, 3.63) is 30.3 Å². The van der Waals surface area contributed by atoms with Crippen molar-refractivity contribution in [2.24, 2.45) is 11.8 Å². The molecule has 1 unspecified atom stereocenters. The summed E-state index contributed by atoms with van der Waals surface area (Å²) in [7, 11) is 0. The molecular formula is C15H20N2O3. The molecule has 0 bridgehead atoms. The summed E-state index contributed by atoms with van der Waals surface area (Å²) >= 11 is 0. The molecule has 0 aliphatic carbocycles.